The van der Waals surface area contributed by atoms with Crippen LogP contribution in [0, 0.1) is 12.8 Å². The second kappa shape index (κ2) is 11.2. The van der Waals surface area contributed by atoms with Crippen LogP contribution in [0.3, 0.4) is 0 Å². The summed E-state index contributed by atoms with van der Waals surface area (Å²) in [6.45, 7) is 8.17. The van der Waals surface area contributed by atoms with E-state index in [0.29, 0.717) is 60.5 Å². The van der Waals surface area contributed by atoms with Crippen molar-refractivity contribution in [3.8, 4) is 0 Å². The van der Waals surface area contributed by atoms with Crippen molar-refractivity contribution in [3.63, 3.8) is 0 Å². The highest BCUT2D eigenvalue weighted by Crippen LogP contribution is 2.51. The van der Waals surface area contributed by atoms with Crippen LogP contribution in [0.1, 0.15) is 57.0 Å². The number of hydrogen-bond acceptors (Lipinski definition) is 7. The predicted octanol–water partition coefficient (Wildman–Crippen LogP) is 4.32. The number of aliphatic hydroxyl groups excluding tert-OH is 1. The van der Waals surface area contributed by atoms with Crippen LogP contribution in [0.5, 0.6) is 0 Å². The molecule has 0 radical (unpaired) electrons. The Labute approximate surface area is 249 Å². The summed E-state index contributed by atoms with van der Waals surface area (Å²) >= 11 is 6.18. The van der Waals surface area contributed by atoms with Gasteiger partial charge in [0.1, 0.15) is 23.1 Å². The number of benzene rings is 1. The van der Waals surface area contributed by atoms with Crippen molar-refractivity contribution in [2.45, 2.75) is 89.3 Å². The van der Waals surface area contributed by atoms with E-state index in [2.05, 4.69) is 28.6 Å². The molecule has 12 heteroatoms. The third kappa shape index (κ3) is 5.22. The quantitative estimate of drug-likeness (QED) is 0.430. The van der Waals surface area contributed by atoms with Gasteiger partial charge in [0.05, 0.1) is 12.6 Å². The minimum absolute atomic E-state index is 0.0437. The first-order chi connectivity index (χ1) is 20.0. The maximum Gasteiger partial charge on any atom is 0.350 e. The van der Waals surface area contributed by atoms with Crippen molar-refractivity contribution in [2.75, 3.05) is 24.6 Å². The molecule has 1 aromatic carbocycles. The van der Waals surface area contributed by atoms with Gasteiger partial charge in [0.25, 0.3) is 0 Å². The summed E-state index contributed by atoms with van der Waals surface area (Å²) in [5.74, 6) is -1.54. The lowest BCUT2D eigenvalue weighted by molar-refractivity contribution is -0.137. The predicted molar refractivity (Wildman–Crippen MR) is 157 cm³/mol. The molecule has 1 saturated carbocycles. The zero-order chi connectivity index (χ0) is 29.9. The molecule has 1 aliphatic carbocycles. The first kappa shape index (κ1) is 29.5. The van der Waals surface area contributed by atoms with E-state index < -0.39 is 12.0 Å². The van der Waals surface area contributed by atoms with E-state index in [0.717, 1.165) is 12.0 Å². The van der Waals surface area contributed by atoms with Gasteiger partial charge in [-0.3, -0.25) is 9.47 Å². The summed E-state index contributed by atoms with van der Waals surface area (Å²) in [7, 11) is 1.69. The molecule has 5 atom stereocenters. The summed E-state index contributed by atoms with van der Waals surface area (Å²) < 4.78 is 37.4. The van der Waals surface area contributed by atoms with E-state index in [9.17, 15) is 18.7 Å². The van der Waals surface area contributed by atoms with Gasteiger partial charge in [-0.1, -0.05) is 30.7 Å². The number of aryl methyl sites for hydroxylation is 2. The third-order valence-corrected chi connectivity index (χ3v) is 9.70. The second-order valence-electron chi connectivity index (χ2n) is 12.3. The van der Waals surface area contributed by atoms with E-state index in [1.807, 2.05) is 35.8 Å². The van der Waals surface area contributed by atoms with Crippen LogP contribution in [0.25, 0.3) is 11.2 Å². The number of ether oxygens (including phenoxy) is 1. The van der Waals surface area contributed by atoms with Gasteiger partial charge >= 0.3 is 5.69 Å². The molecule has 42 heavy (non-hydrogen) atoms. The Bertz CT molecular complexity index is 1500. The Balaban J connectivity index is 1.35. The fourth-order valence-corrected chi connectivity index (χ4v) is 7.28. The summed E-state index contributed by atoms with van der Waals surface area (Å²) in [5.41, 5.74) is 1.89. The molecule has 3 fully saturated rings. The smallest absolute Gasteiger partial charge is 0.350 e. The molecule has 0 amide bonds. The fourth-order valence-electron chi connectivity index (χ4n) is 7.15. The first-order valence-electron chi connectivity index (χ1n) is 14.9. The van der Waals surface area contributed by atoms with Crippen LogP contribution in [0.2, 0.25) is 5.02 Å². The van der Waals surface area contributed by atoms with Gasteiger partial charge in [-0.25, -0.2) is 18.6 Å². The van der Waals surface area contributed by atoms with Gasteiger partial charge < -0.3 is 19.3 Å². The normalized spacial score (nSPS) is 27.5. The number of nitrogens with zero attached hydrogens (tertiary/aromatic N) is 6. The number of aliphatic hydroxyl groups is 1. The highest BCUT2D eigenvalue weighted by Gasteiger charge is 2.52. The van der Waals surface area contributed by atoms with Crippen molar-refractivity contribution < 1.29 is 18.6 Å². The Morgan fingerprint density at radius 1 is 1.19 bits per heavy atom. The topological polar surface area (TPSA) is 88.7 Å². The molecule has 3 aliphatic rings. The average molecular weight is 605 g/mol. The number of piperazine rings is 1. The van der Waals surface area contributed by atoms with Gasteiger partial charge in [-0.05, 0) is 50.3 Å². The first-order valence-corrected chi connectivity index (χ1v) is 15.2. The Kier molecular flexibility index (Phi) is 7.83. The Morgan fingerprint density at radius 3 is 2.52 bits per heavy atom. The van der Waals surface area contributed by atoms with E-state index in [-0.39, 0.29) is 48.7 Å². The van der Waals surface area contributed by atoms with Crippen molar-refractivity contribution >= 4 is 28.6 Å². The molecule has 4 heterocycles. The lowest BCUT2D eigenvalue weighted by Gasteiger charge is -2.53. The Morgan fingerprint density at radius 2 is 1.90 bits per heavy atom. The molecule has 2 saturated heterocycles. The lowest BCUT2D eigenvalue weighted by Crippen LogP contribution is -2.60. The Hall–Kier alpha value is -2.60. The van der Waals surface area contributed by atoms with E-state index in [1.165, 1.54) is 4.57 Å². The van der Waals surface area contributed by atoms with Gasteiger partial charge in [0.15, 0.2) is 5.82 Å². The molecule has 2 aromatic heterocycles. The molecule has 228 valence electrons. The molecule has 1 N–H and O–H groups in total. The van der Waals surface area contributed by atoms with E-state index in [1.54, 1.807) is 7.05 Å². The zero-order valence-electron chi connectivity index (χ0n) is 24.5. The standard InChI is InChI=1S/C30H39ClF2N6O3/c1-5-22-15-37(17(2)14-39(22)26(20-12-30(32,33)13-20)19-6-8-21(31)9-7-19)27-25-28(36(4)29(41)35-27)38(18(3)34-25)16-24-23(40)10-11-42-24/h6-9,17,20,22-24,26,40H,5,10-16H2,1-4H3/t17-,22+,23-,24+,26?/m0/s1. The van der Waals surface area contributed by atoms with Gasteiger partial charge in [0, 0.05) is 62.7 Å². The molecule has 0 spiro atoms. The lowest BCUT2D eigenvalue weighted by atomic mass is 9.73. The molecule has 9 nitrogen and oxygen atoms in total. The van der Waals surface area contributed by atoms with Gasteiger partial charge in [0.2, 0.25) is 5.92 Å². The number of rotatable bonds is 7. The van der Waals surface area contributed by atoms with Crippen LogP contribution in [0.15, 0.2) is 29.1 Å². The molecule has 3 aromatic rings. The largest absolute Gasteiger partial charge is 0.390 e. The van der Waals surface area contributed by atoms with Gasteiger partial charge in [-0.2, -0.15) is 4.98 Å². The fraction of sp³-hybridized carbons (Fsp3) is 0.633. The number of imidazole rings is 1. The van der Waals surface area contributed by atoms with Crippen LogP contribution >= 0.6 is 11.6 Å². The summed E-state index contributed by atoms with van der Waals surface area (Å²) in [6.07, 6.45) is 0.190. The summed E-state index contributed by atoms with van der Waals surface area (Å²) in [5, 5.41) is 11.0. The van der Waals surface area contributed by atoms with Crippen LogP contribution in [0.4, 0.5) is 14.6 Å². The summed E-state index contributed by atoms with van der Waals surface area (Å²) in [6, 6.07) is 7.40. The molecule has 0 bridgehead atoms. The van der Waals surface area contributed by atoms with Crippen molar-refractivity contribution in [1.29, 1.82) is 0 Å². The highest BCUT2D eigenvalue weighted by molar-refractivity contribution is 6.30. The average Bonchev–Trinajstić information content (AvgIpc) is 3.49. The minimum atomic E-state index is -2.62. The maximum atomic E-state index is 14.1. The maximum absolute atomic E-state index is 14.1. The van der Waals surface area contributed by atoms with Crippen LogP contribution < -0.4 is 10.6 Å². The summed E-state index contributed by atoms with van der Waals surface area (Å²) in [4.78, 5) is 27.1. The number of anilines is 1. The molecular formula is C30H39ClF2N6O3. The molecular weight excluding hydrogens is 566 g/mol. The molecule has 6 rings (SSSR count). The second-order valence-corrected chi connectivity index (χ2v) is 12.7. The number of halogens is 3. The van der Waals surface area contributed by atoms with E-state index in [4.69, 9.17) is 21.3 Å². The van der Waals surface area contributed by atoms with Crippen molar-refractivity contribution in [2.24, 2.45) is 13.0 Å². The SMILES string of the molecule is CC[C@@H]1CN(c2nc(=O)n(C)c3c2nc(C)n3C[C@H]2OCC[C@@H]2O)[C@@H](C)CN1C(c1ccc(Cl)cc1)C1CC(F)(F)C1. The zero-order valence-corrected chi connectivity index (χ0v) is 25.3. The highest BCUT2D eigenvalue weighted by atomic mass is 35.5. The van der Waals surface area contributed by atoms with Crippen LogP contribution in [-0.2, 0) is 18.3 Å². The monoisotopic (exact) mass is 604 g/mol. The van der Waals surface area contributed by atoms with Crippen molar-refractivity contribution in [1.82, 2.24) is 24.0 Å². The van der Waals surface area contributed by atoms with Crippen LogP contribution in [-0.4, -0.2) is 79.0 Å². The number of fused-ring (bicyclic) bond motifs is 1. The third-order valence-electron chi connectivity index (χ3n) is 9.45. The molecule has 1 unspecified atom stereocenters. The number of hydrogen-bond donors (Lipinski definition) is 1. The number of alkyl halides is 2. The van der Waals surface area contributed by atoms with Gasteiger partial charge in [-0.15, -0.1) is 0 Å². The number of aromatic nitrogens is 4. The minimum Gasteiger partial charge on any atom is -0.390 e. The van der Waals surface area contributed by atoms with Crippen molar-refractivity contribution in [3.05, 3.63) is 51.2 Å². The van der Waals surface area contributed by atoms with E-state index >= 15 is 0 Å². The molecule has 2 aliphatic heterocycles.